The number of carbonyl (C=O) groups is 1. The number of nitrogens with zero attached hydrogens (tertiary/aromatic N) is 2. The average Bonchev–Trinajstić information content (AvgIpc) is 2.15. The van der Waals surface area contributed by atoms with Crippen LogP contribution >= 0.6 is 0 Å². The Morgan fingerprint density at radius 2 is 2.60 bits per heavy atom. The molecular formula is C5H9N2NaO2. The van der Waals surface area contributed by atoms with Crippen LogP contribution in [-0.2, 0) is 9.63 Å². The maximum absolute atomic E-state index is 10.3. The molecule has 4 nitrogen and oxygen atoms in total. The molecule has 5 heteroatoms. The number of hydrogen-bond acceptors (Lipinski definition) is 4. The Bertz CT molecular complexity index is 153. The van der Waals surface area contributed by atoms with Gasteiger partial charge in [0.2, 0.25) is 0 Å². The Morgan fingerprint density at radius 3 is 3.00 bits per heavy atom. The van der Waals surface area contributed by atoms with Gasteiger partial charge in [0.1, 0.15) is 6.34 Å². The molecule has 10 heavy (non-hydrogen) atoms. The van der Waals surface area contributed by atoms with Crippen LogP contribution in [0.5, 0.6) is 0 Å². The van der Waals surface area contributed by atoms with Gasteiger partial charge in [-0.1, -0.05) is 0 Å². The van der Waals surface area contributed by atoms with E-state index in [0.717, 1.165) is 0 Å². The van der Waals surface area contributed by atoms with E-state index in [0.29, 0.717) is 13.1 Å². The Morgan fingerprint density at radius 1 is 1.90 bits per heavy atom. The zero-order valence-electron chi connectivity index (χ0n) is 7.20. The minimum Gasteiger partial charge on any atom is -1.00 e. The van der Waals surface area contributed by atoms with E-state index in [1.165, 1.54) is 18.3 Å². The molecule has 1 aliphatic rings. The molecular weight excluding hydrogens is 143 g/mol. The van der Waals surface area contributed by atoms with Crippen molar-refractivity contribution in [3.63, 3.8) is 0 Å². The normalized spacial score (nSPS) is 14.7. The molecule has 0 amide bonds. The Labute approximate surface area is 83.0 Å². The van der Waals surface area contributed by atoms with Gasteiger partial charge in [0, 0.05) is 6.92 Å². The smallest absolute Gasteiger partial charge is 1.00 e. The summed E-state index contributed by atoms with van der Waals surface area (Å²) in [5.74, 6) is -0.302. The molecule has 0 aromatic carbocycles. The van der Waals surface area contributed by atoms with Crippen LogP contribution in [0.15, 0.2) is 4.99 Å². The third-order valence-corrected chi connectivity index (χ3v) is 0.906. The fourth-order valence-electron chi connectivity index (χ4n) is 0.597. The van der Waals surface area contributed by atoms with Gasteiger partial charge in [-0.3, -0.25) is 9.79 Å². The van der Waals surface area contributed by atoms with Crippen molar-refractivity contribution in [3.05, 3.63) is 0 Å². The molecule has 1 aliphatic heterocycles. The maximum Gasteiger partial charge on any atom is 1.00 e. The number of rotatable bonds is 1. The molecule has 52 valence electrons. The fraction of sp³-hybridized carbons (Fsp3) is 0.600. The van der Waals surface area contributed by atoms with Crippen molar-refractivity contribution in [1.29, 1.82) is 0 Å². The Balaban J connectivity index is 0. The van der Waals surface area contributed by atoms with Gasteiger partial charge in [-0.25, -0.2) is 0 Å². The summed E-state index contributed by atoms with van der Waals surface area (Å²) in [5.41, 5.74) is 0. The molecule has 0 atom stereocenters. The molecule has 0 radical (unpaired) electrons. The van der Waals surface area contributed by atoms with Crippen LogP contribution in [0.3, 0.4) is 0 Å². The van der Waals surface area contributed by atoms with Crippen molar-refractivity contribution in [2.24, 2.45) is 4.99 Å². The molecule has 0 saturated heterocycles. The summed E-state index contributed by atoms with van der Waals surface area (Å²) in [6.07, 6.45) is 1.52. The van der Waals surface area contributed by atoms with Gasteiger partial charge in [-0.15, -0.1) is 0 Å². The van der Waals surface area contributed by atoms with Gasteiger partial charge >= 0.3 is 35.5 Å². The number of hydroxylamine groups is 2. The van der Waals surface area contributed by atoms with Gasteiger partial charge in [0.05, 0.1) is 13.1 Å². The van der Waals surface area contributed by atoms with Crippen LogP contribution in [0.2, 0.25) is 0 Å². The molecule has 0 saturated carbocycles. The first-order valence-corrected chi connectivity index (χ1v) is 2.74. The molecule has 0 aromatic heterocycles. The number of aliphatic imine (C=N–C) groups is 1. The Hall–Kier alpha value is -0.0600. The van der Waals surface area contributed by atoms with E-state index in [9.17, 15) is 4.79 Å². The maximum atomic E-state index is 10.3. The number of hydrogen-bond donors (Lipinski definition) is 0. The van der Waals surface area contributed by atoms with Gasteiger partial charge in [0.25, 0.3) is 0 Å². The van der Waals surface area contributed by atoms with Gasteiger partial charge in [0.15, 0.2) is 0 Å². The molecule has 0 fully saturated rings. The van der Waals surface area contributed by atoms with Crippen LogP contribution in [0.25, 0.3) is 0 Å². The molecule has 1 heterocycles. The van der Waals surface area contributed by atoms with Gasteiger partial charge in [-0.2, -0.15) is 5.06 Å². The van der Waals surface area contributed by atoms with E-state index in [1.807, 2.05) is 0 Å². The van der Waals surface area contributed by atoms with Crippen molar-refractivity contribution < 1.29 is 40.6 Å². The first-order valence-electron chi connectivity index (χ1n) is 2.74. The Kier molecular flexibility index (Phi) is 4.68. The van der Waals surface area contributed by atoms with E-state index in [-0.39, 0.29) is 37.0 Å². The van der Waals surface area contributed by atoms with Crippen LogP contribution in [0.4, 0.5) is 0 Å². The molecule has 0 aromatic rings. The summed E-state index contributed by atoms with van der Waals surface area (Å²) in [7, 11) is 0. The van der Waals surface area contributed by atoms with Crippen LogP contribution in [0.1, 0.15) is 8.35 Å². The molecule has 0 spiro atoms. The van der Waals surface area contributed by atoms with Gasteiger partial charge in [-0.05, 0) is 0 Å². The van der Waals surface area contributed by atoms with Crippen molar-refractivity contribution >= 4 is 12.3 Å². The molecule has 0 N–H and O–H groups in total. The van der Waals surface area contributed by atoms with E-state index >= 15 is 0 Å². The largest absolute Gasteiger partial charge is 1.00 e. The van der Waals surface area contributed by atoms with E-state index in [4.69, 9.17) is 0 Å². The predicted molar refractivity (Wildman–Crippen MR) is 32.9 cm³/mol. The standard InChI is InChI=1S/C5H8N2O2.Na.H/c1-5(8)9-7-3-2-6-4-7;;/h4H,2-3H2,1H3;;/q;+1;-1. The minimum atomic E-state index is -0.302. The zero-order valence-corrected chi connectivity index (χ0v) is 8.20. The van der Waals surface area contributed by atoms with E-state index in [2.05, 4.69) is 9.83 Å². The number of carbonyl (C=O) groups excluding carboxylic acids is 1. The summed E-state index contributed by atoms with van der Waals surface area (Å²) >= 11 is 0. The molecule has 0 aliphatic carbocycles. The summed E-state index contributed by atoms with van der Waals surface area (Å²) < 4.78 is 0. The van der Waals surface area contributed by atoms with Crippen molar-refractivity contribution in [2.75, 3.05) is 13.1 Å². The average molecular weight is 152 g/mol. The van der Waals surface area contributed by atoms with Crippen molar-refractivity contribution in [3.8, 4) is 0 Å². The van der Waals surface area contributed by atoms with Crippen molar-refractivity contribution in [2.45, 2.75) is 6.92 Å². The van der Waals surface area contributed by atoms with E-state index in [1.54, 1.807) is 0 Å². The summed E-state index contributed by atoms with van der Waals surface area (Å²) in [6.45, 7) is 2.76. The topological polar surface area (TPSA) is 41.9 Å². The first-order chi connectivity index (χ1) is 4.29. The minimum absolute atomic E-state index is 0. The first kappa shape index (κ1) is 9.94. The SMILES string of the molecule is CC(=O)ON1C=NCC1.[H-].[Na+]. The van der Waals surface area contributed by atoms with Crippen LogP contribution in [0, 0.1) is 0 Å². The summed E-state index contributed by atoms with van der Waals surface area (Å²) in [4.78, 5) is 18.8. The third kappa shape index (κ3) is 3.20. The monoisotopic (exact) mass is 152 g/mol. The van der Waals surface area contributed by atoms with E-state index < -0.39 is 0 Å². The van der Waals surface area contributed by atoms with Crippen LogP contribution in [-0.4, -0.2) is 30.5 Å². The van der Waals surface area contributed by atoms with Crippen LogP contribution < -0.4 is 29.6 Å². The molecule has 0 bridgehead atoms. The second kappa shape index (κ2) is 4.71. The quantitative estimate of drug-likeness (QED) is 0.374. The van der Waals surface area contributed by atoms with Crippen molar-refractivity contribution in [1.82, 2.24) is 5.06 Å². The fourth-order valence-corrected chi connectivity index (χ4v) is 0.597. The predicted octanol–water partition coefficient (Wildman–Crippen LogP) is -3.08. The summed E-state index contributed by atoms with van der Waals surface area (Å²) in [6, 6.07) is 0. The third-order valence-electron chi connectivity index (χ3n) is 0.906. The summed E-state index contributed by atoms with van der Waals surface area (Å²) in [5, 5.41) is 1.42. The zero-order chi connectivity index (χ0) is 6.69. The molecule has 1 rings (SSSR count). The second-order valence-electron chi connectivity index (χ2n) is 1.75. The second-order valence-corrected chi connectivity index (χ2v) is 1.75. The van der Waals surface area contributed by atoms with Gasteiger partial charge < -0.3 is 6.26 Å². The molecule has 0 unspecified atom stereocenters.